The van der Waals surface area contributed by atoms with Crippen LogP contribution >= 0.6 is 11.6 Å². The first-order valence-electron chi connectivity index (χ1n) is 12.3. The Labute approximate surface area is 225 Å². The summed E-state index contributed by atoms with van der Waals surface area (Å²) < 4.78 is 24.6. The molecule has 0 aliphatic heterocycles. The van der Waals surface area contributed by atoms with Crippen LogP contribution in [-0.2, 0) is 14.3 Å². The van der Waals surface area contributed by atoms with E-state index in [-0.39, 0.29) is 24.1 Å². The van der Waals surface area contributed by atoms with Gasteiger partial charge in [-0.05, 0) is 49.9 Å². The van der Waals surface area contributed by atoms with Crippen molar-refractivity contribution in [1.82, 2.24) is 14.9 Å². The molecule has 1 saturated carbocycles. The van der Waals surface area contributed by atoms with Crippen LogP contribution in [0.5, 0.6) is 5.75 Å². The van der Waals surface area contributed by atoms with Gasteiger partial charge in [-0.25, -0.2) is 14.4 Å². The minimum absolute atomic E-state index is 0.000661. The molecule has 1 aliphatic carbocycles. The Kier molecular flexibility index (Phi) is 8.96. The van der Waals surface area contributed by atoms with Crippen LogP contribution in [0.3, 0.4) is 0 Å². The Hall–Kier alpha value is -3.92. The van der Waals surface area contributed by atoms with Gasteiger partial charge in [0.2, 0.25) is 5.91 Å². The topological polar surface area (TPSA) is 106 Å². The molecule has 0 unspecified atom stereocenters. The normalized spacial score (nSPS) is 12.9. The largest absolute Gasteiger partial charge is 0.491 e. The molecule has 1 aromatic heterocycles. The summed E-state index contributed by atoms with van der Waals surface area (Å²) in [5, 5.41) is 7.16. The number of aromatic nitrogens is 2. The second-order valence-electron chi connectivity index (χ2n) is 8.88. The zero-order chi connectivity index (χ0) is 27.1. The van der Waals surface area contributed by atoms with E-state index in [0.29, 0.717) is 52.9 Å². The number of hydrogen-bond donors (Lipinski definition) is 2. The number of amides is 1. The smallest absolute Gasteiger partial charge is 0.325 e. The van der Waals surface area contributed by atoms with Gasteiger partial charge in [-0.15, -0.1) is 0 Å². The number of rotatable bonds is 12. The van der Waals surface area contributed by atoms with Crippen LogP contribution in [0.2, 0.25) is 5.02 Å². The predicted octanol–water partition coefficient (Wildman–Crippen LogP) is 4.94. The molecule has 1 aliphatic rings. The number of ether oxygens (including phenoxy) is 2. The highest BCUT2D eigenvalue weighted by Crippen LogP contribution is 2.36. The standard InChI is InChI=1S/C27H29ClFN5O4/c1-3-37-26(36)14-34(2)25(35)5-4-10-30-23-12-19-22(13-24(23)38-15-17-6-7-17)31-16-32-27(19)33-18-8-9-21(29)20(28)11-18/h4-5,8-9,11-13,16-17,30H,3,6-7,10,14-15H2,1-2H3,(H,31,32,33). The first-order valence-corrected chi connectivity index (χ1v) is 12.7. The highest BCUT2D eigenvalue weighted by Gasteiger charge is 2.23. The third kappa shape index (κ3) is 7.32. The molecule has 0 spiro atoms. The average molecular weight is 542 g/mol. The molecule has 2 N–H and O–H groups in total. The molecular weight excluding hydrogens is 513 g/mol. The number of esters is 1. The second-order valence-corrected chi connectivity index (χ2v) is 9.29. The van der Waals surface area contributed by atoms with Crippen molar-refractivity contribution in [1.29, 1.82) is 0 Å². The van der Waals surface area contributed by atoms with Crippen molar-refractivity contribution < 1.29 is 23.5 Å². The third-order valence-electron chi connectivity index (χ3n) is 5.81. The quantitative estimate of drug-likeness (QED) is 0.245. The van der Waals surface area contributed by atoms with E-state index in [2.05, 4.69) is 20.6 Å². The van der Waals surface area contributed by atoms with Crippen molar-refractivity contribution in [2.24, 2.45) is 5.92 Å². The third-order valence-corrected chi connectivity index (χ3v) is 6.10. The lowest BCUT2D eigenvalue weighted by Crippen LogP contribution is -2.31. The van der Waals surface area contributed by atoms with E-state index in [0.717, 1.165) is 12.8 Å². The van der Waals surface area contributed by atoms with Gasteiger partial charge in [0, 0.05) is 36.8 Å². The molecule has 1 amide bonds. The van der Waals surface area contributed by atoms with Crippen LogP contribution < -0.4 is 15.4 Å². The van der Waals surface area contributed by atoms with Crippen LogP contribution in [0.1, 0.15) is 19.8 Å². The molecule has 200 valence electrons. The maximum absolute atomic E-state index is 13.6. The van der Waals surface area contributed by atoms with E-state index in [9.17, 15) is 14.0 Å². The SMILES string of the molecule is CCOC(=O)CN(C)C(=O)C=CCNc1cc2c(Nc3ccc(F)c(Cl)c3)ncnc2cc1OCC1CC1. The number of halogens is 2. The maximum Gasteiger partial charge on any atom is 0.325 e. The predicted molar refractivity (Wildman–Crippen MR) is 144 cm³/mol. The minimum Gasteiger partial charge on any atom is -0.491 e. The number of anilines is 3. The summed E-state index contributed by atoms with van der Waals surface area (Å²) in [4.78, 5) is 33.9. The molecular formula is C27H29ClFN5O4. The lowest BCUT2D eigenvalue weighted by molar-refractivity contribution is -0.147. The number of carbonyl (C=O) groups excluding carboxylic acids is 2. The van der Waals surface area contributed by atoms with E-state index in [1.54, 1.807) is 19.1 Å². The molecule has 2 aromatic carbocycles. The molecule has 4 rings (SSSR count). The second kappa shape index (κ2) is 12.6. The molecule has 38 heavy (non-hydrogen) atoms. The average Bonchev–Trinajstić information content (AvgIpc) is 3.72. The summed E-state index contributed by atoms with van der Waals surface area (Å²) in [6, 6.07) is 8.04. The van der Waals surface area contributed by atoms with Gasteiger partial charge >= 0.3 is 5.97 Å². The van der Waals surface area contributed by atoms with Crippen LogP contribution in [0.15, 0.2) is 48.8 Å². The van der Waals surface area contributed by atoms with E-state index < -0.39 is 11.8 Å². The molecule has 0 radical (unpaired) electrons. The van der Waals surface area contributed by atoms with Crippen molar-refractivity contribution in [3.05, 3.63) is 59.7 Å². The lowest BCUT2D eigenvalue weighted by Gasteiger charge is -2.16. The van der Waals surface area contributed by atoms with Gasteiger partial charge in [-0.3, -0.25) is 9.59 Å². The zero-order valence-electron chi connectivity index (χ0n) is 21.2. The summed E-state index contributed by atoms with van der Waals surface area (Å²) >= 11 is 5.93. The Morgan fingerprint density at radius 2 is 2.05 bits per heavy atom. The molecule has 0 atom stereocenters. The Bertz CT molecular complexity index is 1350. The van der Waals surface area contributed by atoms with Gasteiger partial charge < -0.3 is 25.0 Å². The monoisotopic (exact) mass is 541 g/mol. The summed E-state index contributed by atoms with van der Waals surface area (Å²) in [5.41, 5.74) is 1.94. The van der Waals surface area contributed by atoms with E-state index in [4.69, 9.17) is 21.1 Å². The minimum atomic E-state index is -0.507. The molecule has 3 aromatic rings. The van der Waals surface area contributed by atoms with Crippen molar-refractivity contribution in [2.45, 2.75) is 19.8 Å². The van der Waals surface area contributed by atoms with E-state index in [1.165, 1.54) is 36.5 Å². The highest BCUT2D eigenvalue weighted by molar-refractivity contribution is 6.31. The fourth-order valence-corrected chi connectivity index (χ4v) is 3.76. The Morgan fingerprint density at radius 3 is 2.79 bits per heavy atom. The molecule has 1 heterocycles. The number of benzene rings is 2. The van der Waals surface area contributed by atoms with Crippen molar-refractivity contribution >= 4 is 51.6 Å². The first-order chi connectivity index (χ1) is 18.3. The maximum atomic E-state index is 13.6. The summed E-state index contributed by atoms with van der Waals surface area (Å²) in [5.74, 6) is 0.419. The van der Waals surface area contributed by atoms with Crippen LogP contribution in [0.25, 0.3) is 10.9 Å². The van der Waals surface area contributed by atoms with Crippen molar-refractivity contribution in [3.63, 3.8) is 0 Å². The van der Waals surface area contributed by atoms with Gasteiger partial charge in [-0.2, -0.15) is 0 Å². The molecule has 11 heteroatoms. The van der Waals surface area contributed by atoms with Crippen LogP contribution in [-0.4, -0.2) is 60.1 Å². The highest BCUT2D eigenvalue weighted by atomic mass is 35.5. The summed E-state index contributed by atoms with van der Waals surface area (Å²) in [6.07, 6.45) is 6.80. The number of hydrogen-bond acceptors (Lipinski definition) is 8. The van der Waals surface area contributed by atoms with Crippen molar-refractivity contribution in [3.8, 4) is 5.75 Å². The van der Waals surface area contributed by atoms with Gasteiger partial charge in [0.05, 0.1) is 29.4 Å². The molecule has 9 nitrogen and oxygen atoms in total. The van der Waals surface area contributed by atoms with Gasteiger partial charge in [-0.1, -0.05) is 17.7 Å². The first kappa shape index (κ1) is 27.1. The molecule has 0 bridgehead atoms. The number of likely N-dealkylation sites (N-methyl/N-ethyl adjacent to an activating group) is 1. The van der Waals surface area contributed by atoms with Crippen molar-refractivity contribution in [2.75, 3.05) is 44.0 Å². The Morgan fingerprint density at radius 1 is 1.24 bits per heavy atom. The number of fused-ring (bicyclic) bond motifs is 1. The fraction of sp³-hybridized carbons (Fsp3) is 0.333. The summed E-state index contributed by atoms with van der Waals surface area (Å²) in [7, 11) is 1.53. The molecule has 0 saturated heterocycles. The van der Waals surface area contributed by atoms with Crippen LogP contribution in [0.4, 0.5) is 21.6 Å². The van der Waals surface area contributed by atoms with E-state index >= 15 is 0 Å². The molecule has 1 fully saturated rings. The van der Waals surface area contributed by atoms with Gasteiger partial charge in [0.15, 0.2) is 0 Å². The van der Waals surface area contributed by atoms with Gasteiger partial charge in [0.25, 0.3) is 0 Å². The van der Waals surface area contributed by atoms with Crippen LogP contribution in [0, 0.1) is 11.7 Å². The zero-order valence-corrected chi connectivity index (χ0v) is 21.9. The summed E-state index contributed by atoms with van der Waals surface area (Å²) in [6.45, 7) is 2.79. The lowest BCUT2D eigenvalue weighted by atomic mass is 10.1. The fourth-order valence-electron chi connectivity index (χ4n) is 3.58. The number of nitrogens with one attached hydrogen (secondary N) is 2. The number of carbonyl (C=O) groups is 2. The van der Waals surface area contributed by atoms with Gasteiger partial charge in [0.1, 0.15) is 30.3 Å². The Balaban J connectivity index is 1.51. The van der Waals surface area contributed by atoms with E-state index in [1.807, 2.05) is 12.1 Å². The number of nitrogens with zero attached hydrogens (tertiary/aromatic N) is 3.